The normalized spacial score (nSPS) is 19.4. The third kappa shape index (κ3) is 3.11. The van der Waals surface area contributed by atoms with Gasteiger partial charge < -0.3 is 14.0 Å². The quantitative estimate of drug-likeness (QED) is 0.812. The predicted octanol–water partition coefficient (Wildman–Crippen LogP) is 2.87. The number of ether oxygens (including phenoxy) is 2. The second-order valence-electron chi connectivity index (χ2n) is 6.78. The van der Waals surface area contributed by atoms with Gasteiger partial charge >= 0.3 is 0 Å². The lowest BCUT2D eigenvalue weighted by atomic mass is 10.1. The van der Waals surface area contributed by atoms with Crippen LogP contribution in [0, 0.1) is 6.92 Å². The van der Waals surface area contributed by atoms with Crippen LogP contribution >= 0.6 is 0 Å². The van der Waals surface area contributed by atoms with E-state index in [0.717, 1.165) is 30.0 Å². The summed E-state index contributed by atoms with van der Waals surface area (Å²) in [6.45, 7) is 5.40. The number of aromatic nitrogens is 2. The first-order chi connectivity index (χ1) is 11.6. The van der Waals surface area contributed by atoms with E-state index in [1.165, 1.54) is 18.4 Å². The summed E-state index contributed by atoms with van der Waals surface area (Å²) >= 11 is 0. The van der Waals surface area contributed by atoms with Crippen molar-refractivity contribution < 1.29 is 14.0 Å². The van der Waals surface area contributed by atoms with Crippen LogP contribution in [0.2, 0.25) is 0 Å². The molecule has 1 aromatic carbocycles. The Morgan fingerprint density at radius 2 is 2.12 bits per heavy atom. The molecule has 1 aliphatic carbocycles. The van der Waals surface area contributed by atoms with Crippen LogP contribution < -0.4 is 9.47 Å². The van der Waals surface area contributed by atoms with Gasteiger partial charge in [0, 0.05) is 30.1 Å². The second-order valence-corrected chi connectivity index (χ2v) is 6.78. The molecule has 128 valence electrons. The maximum atomic E-state index is 5.91. The molecule has 0 saturated heterocycles. The molecule has 0 amide bonds. The van der Waals surface area contributed by atoms with Gasteiger partial charge in [0.05, 0.1) is 13.7 Å². The first-order valence-corrected chi connectivity index (χ1v) is 8.52. The molecular formula is C18H23N3O3. The number of benzene rings is 1. The molecular weight excluding hydrogens is 306 g/mol. The second kappa shape index (κ2) is 6.09. The first-order valence-electron chi connectivity index (χ1n) is 8.52. The van der Waals surface area contributed by atoms with Crippen molar-refractivity contribution in [2.75, 3.05) is 7.11 Å². The van der Waals surface area contributed by atoms with E-state index in [1.807, 2.05) is 6.92 Å². The summed E-state index contributed by atoms with van der Waals surface area (Å²) in [5, 5.41) is 3.89. The first kappa shape index (κ1) is 15.4. The van der Waals surface area contributed by atoms with Gasteiger partial charge in [0.2, 0.25) is 5.89 Å². The fraction of sp³-hybridized carbons (Fsp3) is 0.556. The summed E-state index contributed by atoms with van der Waals surface area (Å²) in [4.78, 5) is 6.72. The molecule has 6 heteroatoms. The van der Waals surface area contributed by atoms with Crippen LogP contribution in [0.5, 0.6) is 11.5 Å². The zero-order chi connectivity index (χ0) is 16.7. The lowest BCUT2D eigenvalue weighted by Crippen LogP contribution is -2.25. The highest BCUT2D eigenvalue weighted by atomic mass is 16.5. The summed E-state index contributed by atoms with van der Waals surface area (Å²) in [5.74, 6) is 3.27. The highest BCUT2D eigenvalue weighted by molar-refractivity contribution is 5.48. The monoisotopic (exact) mass is 329 g/mol. The van der Waals surface area contributed by atoms with Gasteiger partial charge in [-0.15, -0.1) is 0 Å². The van der Waals surface area contributed by atoms with Crippen molar-refractivity contribution in [2.24, 2.45) is 0 Å². The van der Waals surface area contributed by atoms with Crippen molar-refractivity contribution in [1.82, 2.24) is 15.0 Å². The molecule has 0 radical (unpaired) electrons. The molecule has 2 heterocycles. The van der Waals surface area contributed by atoms with Crippen LogP contribution in [0.1, 0.15) is 42.6 Å². The highest BCUT2D eigenvalue weighted by Crippen LogP contribution is 2.37. The van der Waals surface area contributed by atoms with Crippen molar-refractivity contribution in [3.8, 4) is 11.5 Å². The number of hydrogen-bond acceptors (Lipinski definition) is 6. The molecule has 0 bridgehead atoms. The fourth-order valence-corrected chi connectivity index (χ4v) is 3.35. The van der Waals surface area contributed by atoms with E-state index in [1.54, 1.807) is 7.11 Å². The Morgan fingerprint density at radius 1 is 1.29 bits per heavy atom. The van der Waals surface area contributed by atoms with Gasteiger partial charge in [-0.05, 0) is 38.8 Å². The van der Waals surface area contributed by atoms with Gasteiger partial charge in [0.1, 0.15) is 17.6 Å². The van der Waals surface area contributed by atoms with Crippen LogP contribution in [0.15, 0.2) is 16.7 Å². The standard InChI is InChI=1S/C18H23N3O3/c1-11-6-13-7-16(22-3)14(8-17(13)23-11)9-21(15-4-5-15)10-18-19-12(2)20-24-18/h7-8,11,15H,4-6,9-10H2,1-3H3. The summed E-state index contributed by atoms with van der Waals surface area (Å²) in [7, 11) is 1.73. The lowest BCUT2D eigenvalue weighted by molar-refractivity contribution is 0.206. The van der Waals surface area contributed by atoms with Crippen LogP contribution in [0.4, 0.5) is 0 Å². The molecule has 1 fully saturated rings. The van der Waals surface area contributed by atoms with E-state index in [4.69, 9.17) is 14.0 Å². The molecule has 24 heavy (non-hydrogen) atoms. The Labute approximate surface area is 141 Å². The smallest absolute Gasteiger partial charge is 0.240 e. The Bertz CT molecular complexity index is 739. The number of nitrogens with zero attached hydrogens (tertiary/aromatic N) is 3. The zero-order valence-electron chi connectivity index (χ0n) is 14.4. The van der Waals surface area contributed by atoms with Gasteiger partial charge in [-0.25, -0.2) is 0 Å². The van der Waals surface area contributed by atoms with E-state index < -0.39 is 0 Å². The van der Waals surface area contributed by atoms with Gasteiger partial charge in [-0.3, -0.25) is 4.90 Å². The van der Waals surface area contributed by atoms with E-state index in [2.05, 4.69) is 34.1 Å². The van der Waals surface area contributed by atoms with Gasteiger partial charge in [0.15, 0.2) is 5.82 Å². The number of hydrogen-bond donors (Lipinski definition) is 0. The summed E-state index contributed by atoms with van der Waals surface area (Å²) in [5.41, 5.74) is 2.38. The van der Waals surface area contributed by atoms with Crippen LogP contribution in [0.3, 0.4) is 0 Å². The van der Waals surface area contributed by atoms with Crippen LogP contribution in [0.25, 0.3) is 0 Å². The van der Waals surface area contributed by atoms with E-state index in [9.17, 15) is 0 Å². The molecule has 0 N–H and O–H groups in total. The Balaban J connectivity index is 1.57. The summed E-state index contributed by atoms with van der Waals surface area (Å²) in [6, 6.07) is 4.83. The topological polar surface area (TPSA) is 60.6 Å². The predicted molar refractivity (Wildman–Crippen MR) is 88.1 cm³/mol. The average Bonchev–Trinajstić information content (AvgIpc) is 3.22. The van der Waals surface area contributed by atoms with Crippen molar-refractivity contribution in [3.63, 3.8) is 0 Å². The van der Waals surface area contributed by atoms with E-state index in [-0.39, 0.29) is 6.10 Å². The van der Waals surface area contributed by atoms with E-state index in [0.29, 0.717) is 24.3 Å². The molecule has 4 rings (SSSR count). The maximum absolute atomic E-state index is 5.91. The number of rotatable bonds is 6. The Morgan fingerprint density at radius 3 is 2.79 bits per heavy atom. The number of aryl methyl sites for hydroxylation is 1. The molecule has 1 aromatic heterocycles. The number of methoxy groups -OCH3 is 1. The Kier molecular flexibility index (Phi) is 3.92. The maximum Gasteiger partial charge on any atom is 0.240 e. The number of fused-ring (bicyclic) bond motifs is 1. The Hall–Kier alpha value is -2.08. The van der Waals surface area contributed by atoms with Crippen molar-refractivity contribution >= 4 is 0 Å². The molecule has 2 aliphatic rings. The average molecular weight is 329 g/mol. The minimum atomic E-state index is 0.237. The van der Waals surface area contributed by atoms with Crippen molar-refractivity contribution in [3.05, 3.63) is 35.0 Å². The van der Waals surface area contributed by atoms with Crippen molar-refractivity contribution in [1.29, 1.82) is 0 Å². The SMILES string of the molecule is COc1cc2c(cc1CN(Cc1nc(C)no1)C1CC1)OC(C)C2. The highest BCUT2D eigenvalue weighted by Gasteiger charge is 2.31. The molecule has 1 aliphatic heterocycles. The minimum absolute atomic E-state index is 0.237. The summed E-state index contributed by atoms with van der Waals surface area (Å²) in [6.07, 6.45) is 3.61. The van der Waals surface area contributed by atoms with Crippen LogP contribution in [-0.4, -0.2) is 34.3 Å². The minimum Gasteiger partial charge on any atom is -0.496 e. The third-order valence-corrected chi connectivity index (χ3v) is 4.64. The lowest BCUT2D eigenvalue weighted by Gasteiger charge is -2.22. The third-order valence-electron chi connectivity index (χ3n) is 4.64. The van der Waals surface area contributed by atoms with Crippen LogP contribution in [-0.2, 0) is 19.5 Å². The van der Waals surface area contributed by atoms with E-state index >= 15 is 0 Å². The van der Waals surface area contributed by atoms with Gasteiger partial charge in [0.25, 0.3) is 0 Å². The fourth-order valence-electron chi connectivity index (χ4n) is 3.35. The molecule has 2 aromatic rings. The largest absolute Gasteiger partial charge is 0.496 e. The molecule has 6 nitrogen and oxygen atoms in total. The van der Waals surface area contributed by atoms with Gasteiger partial charge in [-0.2, -0.15) is 4.98 Å². The molecule has 1 atom stereocenters. The van der Waals surface area contributed by atoms with Crippen molar-refractivity contribution in [2.45, 2.75) is 58.3 Å². The molecule has 1 unspecified atom stereocenters. The summed E-state index contributed by atoms with van der Waals surface area (Å²) < 4.78 is 16.8. The van der Waals surface area contributed by atoms with Gasteiger partial charge in [-0.1, -0.05) is 5.16 Å². The zero-order valence-corrected chi connectivity index (χ0v) is 14.4. The molecule has 1 saturated carbocycles. The molecule has 0 spiro atoms.